The number of nitrogens with two attached hydrogens (primary N) is 1. The van der Waals surface area contributed by atoms with Gasteiger partial charge in [0, 0.05) is 38.3 Å². The van der Waals surface area contributed by atoms with Crippen LogP contribution < -0.4 is 10.6 Å². The summed E-state index contributed by atoms with van der Waals surface area (Å²) >= 11 is 0. The normalized spacial score (nSPS) is 15.6. The maximum Gasteiger partial charge on any atom is 0.255 e. The number of pyridine rings is 1. The quantitative estimate of drug-likeness (QED) is 0.888. The molecular formula is C16H24N4O2. The zero-order chi connectivity index (χ0) is 16.1. The van der Waals surface area contributed by atoms with Crippen molar-refractivity contribution in [2.24, 2.45) is 11.7 Å². The fraction of sp³-hybridized carbons (Fsp3) is 0.562. The number of amides is 2. The smallest absolute Gasteiger partial charge is 0.255 e. The second kappa shape index (κ2) is 7.24. The van der Waals surface area contributed by atoms with Crippen LogP contribution in [0.4, 0.5) is 5.82 Å². The number of aromatic nitrogens is 1. The van der Waals surface area contributed by atoms with Gasteiger partial charge in [-0.3, -0.25) is 9.59 Å². The molecule has 0 unspecified atom stereocenters. The zero-order valence-corrected chi connectivity index (χ0v) is 13.3. The van der Waals surface area contributed by atoms with E-state index in [2.05, 4.69) is 23.7 Å². The number of rotatable bonds is 5. The Bertz CT molecular complexity index is 517. The molecule has 22 heavy (non-hydrogen) atoms. The Morgan fingerprint density at radius 1 is 1.27 bits per heavy atom. The van der Waals surface area contributed by atoms with E-state index in [0.29, 0.717) is 31.5 Å². The lowest BCUT2D eigenvalue weighted by Crippen LogP contribution is -2.41. The lowest BCUT2D eigenvalue weighted by atomic mass is 9.96. The Kier molecular flexibility index (Phi) is 5.35. The minimum atomic E-state index is -0.266. The molecule has 2 rings (SSSR count). The Hall–Kier alpha value is -2.11. The molecule has 6 heteroatoms. The number of carbonyl (C=O) groups is 2. The molecule has 1 fully saturated rings. The van der Waals surface area contributed by atoms with Gasteiger partial charge in [0.15, 0.2) is 0 Å². The van der Waals surface area contributed by atoms with E-state index in [-0.39, 0.29) is 17.7 Å². The van der Waals surface area contributed by atoms with Crippen LogP contribution in [0.2, 0.25) is 0 Å². The molecule has 120 valence electrons. The maximum atomic E-state index is 12.5. The molecule has 0 aromatic carbocycles. The third-order valence-corrected chi connectivity index (χ3v) is 4.27. The highest BCUT2D eigenvalue weighted by Crippen LogP contribution is 2.19. The molecule has 1 aromatic heterocycles. The van der Waals surface area contributed by atoms with Gasteiger partial charge in [-0.2, -0.15) is 0 Å². The molecule has 2 heterocycles. The van der Waals surface area contributed by atoms with Gasteiger partial charge in [-0.05, 0) is 38.8 Å². The SMILES string of the molecule is CCN(CC)c1ccc(C(=O)N2CCC(C(N)=O)CC2)cn1. The van der Waals surface area contributed by atoms with E-state index in [1.54, 1.807) is 11.1 Å². The lowest BCUT2D eigenvalue weighted by Gasteiger charge is -2.30. The van der Waals surface area contributed by atoms with Crippen LogP contribution in [0.5, 0.6) is 0 Å². The molecule has 0 aliphatic carbocycles. The topological polar surface area (TPSA) is 79.5 Å². The number of piperidine rings is 1. The van der Waals surface area contributed by atoms with E-state index in [0.717, 1.165) is 18.9 Å². The van der Waals surface area contributed by atoms with Gasteiger partial charge in [0.1, 0.15) is 5.82 Å². The van der Waals surface area contributed by atoms with Gasteiger partial charge in [-0.25, -0.2) is 4.98 Å². The van der Waals surface area contributed by atoms with Gasteiger partial charge in [0.25, 0.3) is 5.91 Å². The Morgan fingerprint density at radius 3 is 2.36 bits per heavy atom. The van der Waals surface area contributed by atoms with Crippen LogP contribution in [0.25, 0.3) is 0 Å². The summed E-state index contributed by atoms with van der Waals surface area (Å²) in [7, 11) is 0. The molecule has 1 aliphatic rings. The monoisotopic (exact) mass is 304 g/mol. The summed E-state index contributed by atoms with van der Waals surface area (Å²) in [5.74, 6) is 0.486. The van der Waals surface area contributed by atoms with Gasteiger partial charge in [-0.1, -0.05) is 0 Å². The first-order chi connectivity index (χ1) is 10.6. The highest BCUT2D eigenvalue weighted by Gasteiger charge is 2.26. The van der Waals surface area contributed by atoms with Crippen LogP contribution in [-0.2, 0) is 4.79 Å². The molecular weight excluding hydrogens is 280 g/mol. The fourth-order valence-electron chi connectivity index (χ4n) is 2.80. The molecule has 6 nitrogen and oxygen atoms in total. The van der Waals surface area contributed by atoms with Crippen molar-refractivity contribution in [2.75, 3.05) is 31.1 Å². The Morgan fingerprint density at radius 2 is 1.91 bits per heavy atom. The first-order valence-corrected chi connectivity index (χ1v) is 7.86. The number of hydrogen-bond donors (Lipinski definition) is 1. The zero-order valence-electron chi connectivity index (χ0n) is 13.3. The second-order valence-electron chi connectivity index (χ2n) is 5.55. The summed E-state index contributed by atoms with van der Waals surface area (Å²) in [4.78, 5) is 31.9. The average Bonchev–Trinajstić information content (AvgIpc) is 2.56. The van der Waals surface area contributed by atoms with Crippen LogP contribution >= 0.6 is 0 Å². The third kappa shape index (κ3) is 3.55. The predicted molar refractivity (Wildman–Crippen MR) is 85.6 cm³/mol. The van der Waals surface area contributed by atoms with E-state index < -0.39 is 0 Å². The van der Waals surface area contributed by atoms with Crippen LogP contribution in [0.1, 0.15) is 37.0 Å². The third-order valence-electron chi connectivity index (χ3n) is 4.27. The summed E-state index contributed by atoms with van der Waals surface area (Å²) in [5, 5.41) is 0. The summed E-state index contributed by atoms with van der Waals surface area (Å²) in [5.41, 5.74) is 5.91. The van der Waals surface area contributed by atoms with E-state index in [4.69, 9.17) is 5.73 Å². The molecule has 2 amide bonds. The van der Waals surface area contributed by atoms with Crippen molar-refractivity contribution in [1.29, 1.82) is 0 Å². The number of primary amides is 1. The van der Waals surface area contributed by atoms with Crippen LogP contribution in [0.15, 0.2) is 18.3 Å². The molecule has 0 bridgehead atoms. The summed E-state index contributed by atoms with van der Waals surface area (Å²) in [6.45, 7) is 7.07. The first kappa shape index (κ1) is 16.3. The predicted octanol–water partition coefficient (Wildman–Crippen LogP) is 1.27. The standard InChI is InChI=1S/C16H24N4O2/c1-3-19(4-2)14-6-5-13(11-18-14)16(22)20-9-7-12(8-10-20)15(17)21/h5-6,11-12H,3-4,7-10H2,1-2H3,(H2,17,21). The molecule has 0 saturated carbocycles. The average molecular weight is 304 g/mol. The lowest BCUT2D eigenvalue weighted by molar-refractivity contribution is -0.123. The maximum absolute atomic E-state index is 12.5. The molecule has 1 aliphatic heterocycles. The molecule has 0 radical (unpaired) electrons. The van der Waals surface area contributed by atoms with Gasteiger partial charge in [0.2, 0.25) is 5.91 Å². The van der Waals surface area contributed by atoms with Crippen LogP contribution in [0, 0.1) is 5.92 Å². The minimum absolute atomic E-state index is 0.0264. The number of likely N-dealkylation sites (tertiary alicyclic amines) is 1. The number of anilines is 1. The summed E-state index contributed by atoms with van der Waals surface area (Å²) in [6.07, 6.45) is 2.92. The van der Waals surface area contributed by atoms with Gasteiger partial charge in [0.05, 0.1) is 5.56 Å². The van der Waals surface area contributed by atoms with E-state index in [1.165, 1.54) is 0 Å². The van der Waals surface area contributed by atoms with Crippen molar-refractivity contribution in [1.82, 2.24) is 9.88 Å². The van der Waals surface area contributed by atoms with Crippen molar-refractivity contribution >= 4 is 17.6 Å². The molecule has 0 atom stereocenters. The highest BCUT2D eigenvalue weighted by atomic mass is 16.2. The summed E-state index contributed by atoms with van der Waals surface area (Å²) in [6, 6.07) is 3.71. The second-order valence-corrected chi connectivity index (χ2v) is 5.55. The number of nitrogens with zero attached hydrogens (tertiary/aromatic N) is 3. The van der Waals surface area contributed by atoms with E-state index >= 15 is 0 Å². The molecule has 2 N–H and O–H groups in total. The minimum Gasteiger partial charge on any atom is -0.369 e. The molecule has 1 aromatic rings. The van der Waals surface area contributed by atoms with Gasteiger partial charge in [-0.15, -0.1) is 0 Å². The van der Waals surface area contributed by atoms with Crippen LogP contribution in [-0.4, -0.2) is 47.9 Å². The Balaban J connectivity index is 2.00. The van der Waals surface area contributed by atoms with Crippen molar-refractivity contribution < 1.29 is 9.59 Å². The first-order valence-electron chi connectivity index (χ1n) is 7.86. The highest BCUT2D eigenvalue weighted by molar-refractivity contribution is 5.94. The number of carbonyl (C=O) groups excluding carboxylic acids is 2. The largest absolute Gasteiger partial charge is 0.369 e. The van der Waals surface area contributed by atoms with Crippen molar-refractivity contribution in [3.05, 3.63) is 23.9 Å². The molecule has 1 saturated heterocycles. The van der Waals surface area contributed by atoms with Gasteiger partial charge < -0.3 is 15.5 Å². The fourth-order valence-corrected chi connectivity index (χ4v) is 2.80. The summed E-state index contributed by atoms with van der Waals surface area (Å²) < 4.78 is 0. The molecule has 0 spiro atoms. The van der Waals surface area contributed by atoms with E-state index in [1.807, 2.05) is 12.1 Å². The number of hydrogen-bond acceptors (Lipinski definition) is 4. The van der Waals surface area contributed by atoms with Crippen molar-refractivity contribution in [2.45, 2.75) is 26.7 Å². The van der Waals surface area contributed by atoms with E-state index in [9.17, 15) is 9.59 Å². The Labute approximate surface area is 131 Å². The van der Waals surface area contributed by atoms with Gasteiger partial charge >= 0.3 is 0 Å². The van der Waals surface area contributed by atoms with Crippen molar-refractivity contribution in [3.8, 4) is 0 Å². The van der Waals surface area contributed by atoms with Crippen LogP contribution in [0.3, 0.4) is 0 Å². The van der Waals surface area contributed by atoms with Crippen molar-refractivity contribution in [3.63, 3.8) is 0 Å².